The number of rotatable bonds is 2. The van der Waals surface area contributed by atoms with Gasteiger partial charge in [-0.3, -0.25) is 4.40 Å². The van der Waals surface area contributed by atoms with Crippen LogP contribution in [0.2, 0.25) is 0 Å². The van der Waals surface area contributed by atoms with Gasteiger partial charge in [0.25, 0.3) is 0 Å². The number of fused-ring (bicyclic) bond motifs is 1. The average Bonchev–Trinajstić information content (AvgIpc) is 2.93. The number of anilines is 1. The van der Waals surface area contributed by atoms with Crippen LogP contribution in [0.5, 0.6) is 5.75 Å². The quantitative estimate of drug-likeness (QED) is 0.755. The highest BCUT2D eigenvalue weighted by molar-refractivity contribution is 7.16. The molecule has 17 heavy (non-hydrogen) atoms. The van der Waals surface area contributed by atoms with Crippen LogP contribution in [0.25, 0.3) is 16.1 Å². The van der Waals surface area contributed by atoms with Gasteiger partial charge in [-0.15, -0.1) is 11.3 Å². The summed E-state index contributed by atoms with van der Waals surface area (Å²) in [7, 11) is 1.66. The Balaban J connectivity index is 2.22. The molecule has 2 aromatic heterocycles. The van der Waals surface area contributed by atoms with E-state index in [1.54, 1.807) is 24.6 Å². The van der Waals surface area contributed by atoms with Crippen molar-refractivity contribution in [3.63, 3.8) is 0 Å². The van der Waals surface area contributed by atoms with Crippen molar-refractivity contribution in [2.24, 2.45) is 0 Å². The highest BCUT2D eigenvalue weighted by Crippen LogP contribution is 2.30. The normalized spacial score (nSPS) is 10.9. The lowest BCUT2D eigenvalue weighted by Crippen LogP contribution is -1.94. The first-order valence-corrected chi connectivity index (χ1v) is 6.02. The Morgan fingerprint density at radius 1 is 1.41 bits per heavy atom. The number of methoxy groups -OCH3 is 1. The van der Waals surface area contributed by atoms with Crippen LogP contribution >= 0.6 is 11.3 Å². The lowest BCUT2D eigenvalue weighted by Gasteiger charge is -2.04. The molecule has 0 spiro atoms. The van der Waals surface area contributed by atoms with Crippen LogP contribution in [-0.4, -0.2) is 16.5 Å². The van der Waals surface area contributed by atoms with Crippen molar-refractivity contribution >= 4 is 22.1 Å². The smallest absolute Gasteiger partial charge is 0.206 e. The zero-order valence-corrected chi connectivity index (χ0v) is 10.1. The fourth-order valence-electron chi connectivity index (χ4n) is 1.82. The van der Waals surface area contributed by atoms with Crippen molar-refractivity contribution in [2.75, 3.05) is 12.8 Å². The van der Waals surface area contributed by atoms with Gasteiger partial charge in [0.2, 0.25) is 5.95 Å². The van der Waals surface area contributed by atoms with Gasteiger partial charge in [0.05, 0.1) is 19.0 Å². The van der Waals surface area contributed by atoms with Gasteiger partial charge < -0.3 is 10.5 Å². The standard InChI is InChI=1S/C12H11N3OS/c1-16-9-4-2-3-8(5-9)10-7-17-11-6-14-12(13)15(10)11/h2-7H,1H3,(H2,13,14). The number of nitrogens with two attached hydrogens (primary N) is 1. The third kappa shape index (κ3) is 1.55. The topological polar surface area (TPSA) is 52.5 Å². The van der Waals surface area contributed by atoms with Gasteiger partial charge in [0, 0.05) is 10.9 Å². The molecule has 3 aromatic rings. The minimum atomic E-state index is 0.513. The van der Waals surface area contributed by atoms with Crippen molar-refractivity contribution in [1.29, 1.82) is 0 Å². The predicted molar refractivity (Wildman–Crippen MR) is 69.5 cm³/mol. The van der Waals surface area contributed by atoms with E-state index in [4.69, 9.17) is 10.5 Å². The summed E-state index contributed by atoms with van der Waals surface area (Å²) in [6.07, 6.45) is 1.78. The second-order valence-corrected chi connectivity index (χ2v) is 4.53. The lowest BCUT2D eigenvalue weighted by atomic mass is 10.1. The Labute approximate surface area is 102 Å². The molecule has 3 rings (SSSR count). The highest BCUT2D eigenvalue weighted by Gasteiger charge is 2.10. The molecule has 2 N–H and O–H groups in total. The zero-order valence-electron chi connectivity index (χ0n) is 9.25. The van der Waals surface area contributed by atoms with Gasteiger partial charge >= 0.3 is 0 Å². The molecule has 0 aliphatic carbocycles. The molecule has 0 radical (unpaired) electrons. The number of thiazole rings is 1. The first kappa shape index (κ1) is 10.2. The van der Waals surface area contributed by atoms with E-state index in [1.165, 1.54) is 0 Å². The van der Waals surface area contributed by atoms with Crippen LogP contribution in [-0.2, 0) is 0 Å². The number of imidazole rings is 1. The third-order valence-corrected chi connectivity index (χ3v) is 3.53. The number of benzene rings is 1. The molecular weight excluding hydrogens is 234 g/mol. The molecule has 0 fully saturated rings. The summed E-state index contributed by atoms with van der Waals surface area (Å²) in [4.78, 5) is 5.15. The summed E-state index contributed by atoms with van der Waals surface area (Å²) in [6.45, 7) is 0. The summed E-state index contributed by atoms with van der Waals surface area (Å²) in [6, 6.07) is 7.90. The zero-order chi connectivity index (χ0) is 11.8. The minimum absolute atomic E-state index is 0.513. The van der Waals surface area contributed by atoms with Gasteiger partial charge in [-0.1, -0.05) is 12.1 Å². The van der Waals surface area contributed by atoms with E-state index in [2.05, 4.69) is 10.4 Å². The van der Waals surface area contributed by atoms with E-state index in [1.807, 2.05) is 28.7 Å². The van der Waals surface area contributed by atoms with Crippen LogP contribution in [0.4, 0.5) is 5.95 Å². The maximum atomic E-state index is 5.86. The van der Waals surface area contributed by atoms with E-state index >= 15 is 0 Å². The van der Waals surface area contributed by atoms with Gasteiger partial charge in [0.1, 0.15) is 10.6 Å². The largest absolute Gasteiger partial charge is 0.497 e. The summed E-state index contributed by atoms with van der Waals surface area (Å²) in [5, 5.41) is 2.07. The Morgan fingerprint density at radius 3 is 3.12 bits per heavy atom. The maximum Gasteiger partial charge on any atom is 0.206 e. The van der Waals surface area contributed by atoms with Gasteiger partial charge in [-0.25, -0.2) is 4.98 Å². The lowest BCUT2D eigenvalue weighted by molar-refractivity contribution is 0.415. The molecule has 0 saturated carbocycles. The second kappa shape index (κ2) is 3.78. The summed E-state index contributed by atoms with van der Waals surface area (Å²) in [5.74, 6) is 1.35. The van der Waals surface area contributed by atoms with Crippen molar-refractivity contribution in [2.45, 2.75) is 0 Å². The van der Waals surface area contributed by atoms with E-state index in [-0.39, 0.29) is 0 Å². The fourth-order valence-corrected chi connectivity index (χ4v) is 2.71. The van der Waals surface area contributed by atoms with Crippen molar-refractivity contribution in [3.05, 3.63) is 35.8 Å². The van der Waals surface area contributed by atoms with Crippen LogP contribution < -0.4 is 10.5 Å². The molecule has 86 valence electrons. The van der Waals surface area contributed by atoms with Crippen LogP contribution in [0, 0.1) is 0 Å². The van der Waals surface area contributed by atoms with E-state index < -0.39 is 0 Å². The first-order chi connectivity index (χ1) is 8.29. The third-order valence-electron chi connectivity index (χ3n) is 2.65. The molecular formula is C12H11N3OS. The van der Waals surface area contributed by atoms with Crippen LogP contribution in [0.15, 0.2) is 35.8 Å². The second-order valence-electron chi connectivity index (χ2n) is 3.64. The number of hydrogen-bond acceptors (Lipinski definition) is 4. The van der Waals surface area contributed by atoms with E-state index in [0.717, 1.165) is 21.8 Å². The highest BCUT2D eigenvalue weighted by atomic mass is 32.1. The van der Waals surface area contributed by atoms with Gasteiger partial charge in [-0.05, 0) is 12.1 Å². The Morgan fingerprint density at radius 2 is 2.29 bits per heavy atom. The monoisotopic (exact) mass is 245 g/mol. The fraction of sp³-hybridized carbons (Fsp3) is 0.0833. The molecule has 5 heteroatoms. The average molecular weight is 245 g/mol. The number of ether oxygens (including phenoxy) is 1. The number of nitrogens with zero attached hydrogens (tertiary/aromatic N) is 2. The van der Waals surface area contributed by atoms with Crippen molar-refractivity contribution in [1.82, 2.24) is 9.38 Å². The maximum absolute atomic E-state index is 5.86. The number of nitrogen functional groups attached to an aromatic ring is 1. The molecule has 0 amide bonds. The van der Waals surface area contributed by atoms with Crippen LogP contribution in [0.1, 0.15) is 0 Å². The molecule has 4 nitrogen and oxygen atoms in total. The van der Waals surface area contributed by atoms with E-state index in [0.29, 0.717) is 5.95 Å². The summed E-state index contributed by atoms with van der Waals surface area (Å²) in [5.41, 5.74) is 7.97. The van der Waals surface area contributed by atoms with Crippen molar-refractivity contribution < 1.29 is 4.74 Å². The van der Waals surface area contributed by atoms with Crippen molar-refractivity contribution in [3.8, 4) is 17.0 Å². The van der Waals surface area contributed by atoms with Crippen LogP contribution in [0.3, 0.4) is 0 Å². The van der Waals surface area contributed by atoms with Gasteiger partial charge in [0.15, 0.2) is 0 Å². The Hall–Kier alpha value is -2.01. The Kier molecular flexibility index (Phi) is 2.26. The number of hydrogen-bond donors (Lipinski definition) is 1. The first-order valence-electron chi connectivity index (χ1n) is 5.14. The molecule has 2 heterocycles. The molecule has 0 aliphatic rings. The minimum Gasteiger partial charge on any atom is -0.497 e. The predicted octanol–water partition coefficient (Wildman–Crippen LogP) is 2.65. The van der Waals surface area contributed by atoms with E-state index in [9.17, 15) is 0 Å². The molecule has 0 aliphatic heterocycles. The summed E-state index contributed by atoms with van der Waals surface area (Å²) < 4.78 is 7.17. The SMILES string of the molecule is COc1cccc(-c2csc3cnc(N)n23)c1. The molecule has 0 unspecified atom stereocenters. The van der Waals surface area contributed by atoms with Gasteiger partial charge in [-0.2, -0.15) is 0 Å². The molecule has 1 aromatic carbocycles. The number of aromatic nitrogens is 2. The Bertz CT molecular complexity index is 671. The molecule has 0 bridgehead atoms. The molecule has 0 atom stereocenters. The molecule has 0 saturated heterocycles. The summed E-state index contributed by atoms with van der Waals surface area (Å²) >= 11 is 1.62.